The van der Waals surface area contributed by atoms with Crippen molar-refractivity contribution in [1.82, 2.24) is 15.0 Å². The van der Waals surface area contributed by atoms with Crippen LogP contribution in [0.4, 0.5) is 18.9 Å². The van der Waals surface area contributed by atoms with E-state index in [1.165, 1.54) is 25.1 Å². The van der Waals surface area contributed by atoms with Crippen molar-refractivity contribution in [1.29, 1.82) is 0 Å². The van der Waals surface area contributed by atoms with Gasteiger partial charge in [-0.2, -0.15) is 13.2 Å². The molecule has 0 saturated heterocycles. The van der Waals surface area contributed by atoms with Crippen molar-refractivity contribution in [2.24, 2.45) is 0 Å². The predicted molar refractivity (Wildman–Crippen MR) is 134 cm³/mol. The molecule has 0 aliphatic heterocycles. The van der Waals surface area contributed by atoms with E-state index in [9.17, 15) is 31.2 Å². The number of anilines is 1. The van der Waals surface area contributed by atoms with Crippen LogP contribution in [0.15, 0.2) is 69.1 Å². The number of nitrogens with one attached hydrogen (secondary N) is 4. The lowest BCUT2D eigenvalue weighted by Crippen LogP contribution is -2.29. The van der Waals surface area contributed by atoms with E-state index >= 15 is 0 Å². The lowest BCUT2D eigenvalue weighted by Gasteiger charge is -2.17. The molecule has 0 atom stereocenters. The Morgan fingerprint density at radius 1 is 0.784 bits per heavy atom. The van der Waals surface area contributed by atoms with Gasteiger partial charge in [0.2, 0.25) is 0 Å². The third-order valence-electron chi connectivity index (χ3n) is 5.95. The van der Waals surface area contributed by atoms with Gasteiger partial charge in [-0.25, -0.2) is 8.42 Å². The standard InChI is InChI=1S/C25H19F3N4O4S/c1-12-7-20-21(31-24(34)23(33)30-20)11-22(12)37(35,36)32-16-5-6-17(18(10-16)25(26,27)28)14-3-4-15-8-13(2)29-19(15)9-14/h3-11,29,32H,1-2H3,(H,30,33)(H,31,34). The van der Waals surface area contributed by atoms with E-state index < -0.39 is 32.9 Å². The van der Waals surface area contributed by atoms with E-state index in [2.05, 4.69) is 19.7 Å². The van der Waals surface area contributed by atoms with E-state index in [0.29, 0.717) is 11.1 Å². The molecule has 8 nitrogen and oxygen atoms in total. The van der Waals surface area contributed by atoms with Crippen LogP contribution in [0.2, 0.25) is 0 Å². The molecule has 0 fully saturated rings. The Bertz CT molecular complexity index is 1940. The molecule has 5 aromatic rings. The molecule has 2 aromatic heterocycles. The summed E-state index contributed by atoms with van der Waals surface area (Å²) < 4.78 is 70.6. The zero-order chi connectivity index (χ0) is 26.7. The van der Waals surface area contributed by atoms with Gasteiger partial charge in [0.1, 0.15) is 0 Å². The number of aromatic amines is 3. The number of rotatable bonds is 4. The van der Waals surface area contributed by atoms with Gasteiger partial charge in [-0.3, -0.25) is 14.3 Å². The highest BCUT2D eigenvalue weighted by molar-refractivity contribution is 7.92. The fourth-order valence-electron chi connectivity index (χ4n) is 4.29. The third-order valence-corrected chi connectivity index (χ3v) is 7.48. The van der Waals surface area contributed by atoms with Crippen LogP contribution >= 0.6 is 0 Å². The number of hydrogen-bond acceptors (Lipinski definition) is 4. The maximum atomic E-state index is 14.0. The number of fused-ring (bicyclic) bond motifs is 2. The van der Waals surface area contributed by atoms with Gasteiger partial charge in [-0.1, -0.05) is 18.2 Å². The van der Waals surface area contributed by atoms with Gasteiger partial charge < -0.3 is 15.0 Å². The summed E-state index contributed by atoms with van der Waals surface area (Å²) in [5, 5.41) is 0.857. The number of hydrogen-bond donors (Lipinski definition) is 4. The summed E-state index contributed by atoms with van der Waals surface area (Å²) >= 11 is 0. The molecule has 5 rings (SSSR count). The first-order valence-electron chi connectivity index (χ1n) is 10.9. The fourth-order valence-corrected chi connectivity index (χ4v) is 5.59. The third kappa shape index (κ3) is 4.51. The first kappa shape index (κ1) is 24.4. The van der Waals surface area contributed by atoms with Crippen molar-refractivity contribution < 1.29 is 21.6 Å². The zero-order valence-electron chi connectivity index (χ0n) is 19.4. The van der Waals surface area contributed by atoms with Gasteiger partial charge >= 0.3 is 17.3 Å². The molecule has 37 heavy (non-hydrogen) atoms. The molecule has 3 aromatic carbocycles. The Morgan fingerprint density at radius 3 is 2.14 bits per heavy atom. The lowest BCUT2D eigenvalue weighted by molar-refractivity contribution is -0.137. The summed E-state index contributed by atoms with van der Waals surface area (Å²) in [6, 6.07) is 12.5. The van der Waals surface area contributed by atoms with Crippen LogP contribution in [0.3, 0.4) is 0 Å². The van der Waals surface area contributed by atoms with Crippen molar-refractivity contribution in [2.45, 2.75) is 24.9 Å². The maximum absolute atomic E-state index is 14.0. The van der Waals surface area contributed by atoms with E-state index in [1.807, 2.05) is 13.0 Å². The maximum Gasteiger partial charge on any atom is 0.417 e. The van der Waals surface area contributed by atoms with Crippen molar-refractivity contribution in [2.75, 3.05) is 4.72 Å². The van der Waals surface area contributed by atoms with Gasteiger partial charge in [-0.05, 0) is 72.3 Å². The predicted octanol–water partition coefficient (Wildman–Crippen LogP) is 4.80. The van der Waals surface area contributed by atoms with Crippen molar-refractivity contribution in [3.8, 4) is 11.1 Å². The second-order valence-electron chi connectivity index (χ2n) is 8.69. The highest BCUT2D eigenvalue weighted by Gasteiger charge is 2.34. The van der Waals surface area contributed by atoms with Gasteiger partial charge in [0.25, 0.3) is 10.0 Å². The summed E-state index contributed by atoms with van der Waals surface area (Å²) in [7, 11) is -4.36. The van der Waals surface area contributed by atoms with Gasteiger partial charge in [-0.15, -0.1) is 0 Å². The minimum atomic E-state index is -4.76. The number of halogens is 3. The minimum absolute atomic E-state index is 0.0526. The first-order valence-corrected chi connectivity index (χ1v) is 12.4. The highest BCUT2D eigenvalue weighted by Crippen LogP contribution is 2.40. The Morgan fingerprint density at radius 2 is 1.46 bits per heavy atom. The monoisotopic (exact) mass is 528 g/mol. The fraction of sp³-hybridized carbons (Fsp3) is 0.120. The van der Waals surface area contributed by atoms with E-state index in [-0.39, 0.29) is 32.7 Å². The summed E-state index contributed by atoms with van der Waals surface area (Å²) in [5.74, 6) is 0. The number of sulfonamides is 1. The Hall–Kier alpha value is -4.32. The van der Waals surface area contributed by atoms with Crippen LogP contribution in [0.25, 0.3) is 33.1 Å². The van der Waals surface area contributed by atoms with Crippen molar-refractivity contribution >= 4 is 37.6 Å². The Labute approximate surface area is 207 Å². The average Bonchev–Trinajstić information content (AvgIpc) is 3.18. The molecule has 0 unspecified atom stereocenters. The van der Waals surface area contributed by atoms with E-state index in [4.69, 9.17) is 0 Å². The number of aryl methyl sites for hydroxylation is 2. The van der Waals surface area contributed by atoms with Crippen LogP contribution in [-0.2, 0) is 16.2 Å². The largest absolute Gasteiger partial charge is 0.417 e. The Balaban J connectivity index is 1.57. The molecule has 0 bridgehead atoms. The smallest absolute Gasteiger partial charge is 0.359 e. The number of alkyl halides is 3. The molecule has 4 N–H and O–H groups in total. The van der Waals surface area contributed by atoms with Crippen molar-refractivity contribution in [3.63, 3.8) is 0 Å². The summed E-state index contributed by atoms with van der Waals surface area (Å²) in [6.45, 7) is 3.30. The molecular formula is C25H19F3N4O4S. The highest BCUT2D eigenvalue weighted by atomic mass is 32.2. The number of benzene rings is 3. The van der Waals surface area contributed by atoms with Gasteiger partial charge in [0, 0.05) is 16.9 Å². The van der Waals surface area contributed by atoms with Crippen LogP contribution < -0.4 is 15.8 Å². The molecule has 12 heteroatoms. The Kier molecular flexibility index (Phi) is 5.52. The lowest BCUT2D eigenvalue weighted by atomic mass is 9.98. The topological polar surface area (TPSA) is 128 Å². The molecule has 0 amide bonds. The van der Waals surface area contributed by atoms with Crippen LogP contribution in [0, 0.1) is 13.8 Å². The molecule has 0 radical (unpaired) electrons. The summed E-state index contributed by atoms with van der Waals surface area (Å²) in [5.41, 5.74) is -0.925. The normalized spacial score (nSPS) is 12.4. The summed E-state index contributed by atoms with van der Waals surface area (Å²) in [4.78, 5) is 30.7. The minimum Gasteiger partial charge on any atom is -0.359 e. The molecule has 190 valence electrons. The van der Waals surface area contributed by atoms with E-state index in [0.717, 1.165) is 23.2 Å². The van der Waals surface area contributed by atoms with Crippen LogP contribution in [0.5, 0.6) is 0 Å². The molecular weight excluding hydrogens is 509 g/mol. The molecule has 0 spiro atoms. The van der Waals surface area contributed by atoms with Crippen LogP contribution in [0.1, 0.15) is 16.8 Å². The zero-order valence-corrected chi connectivity index (χ0v) is 20.2. The average molecular weight is 529 g/mol. The summed E-state index contributed by atoms with van der Waals surface area (Å²) in [6.07, 6.45) is -4.76. The second-order valence-corrected chi connectivity index (χ2v) is 10.3. The molecule has 0 aliphatic rings. The quantitative estimate of drug-likeness (QED) is 0.250. The molecule has 0 saturated carbocycles. The second kappa shape index (κ2) is 8.37. The van der Waals surface area contributed by atoms with Crippen molar-refractivity contribution in [3.05, 3.63) is 92.1 Å². The molecule has 0 aliphatic carbocycles. The molecule has 2 heterocycles. The SMILES string of the molecule is Cc1cc2ccc(-c3ccc(NS(=O)(=O)c4cc5[nH]c(=O)c(=O)[nH]c5cc4C)cc3C(F)(F)F)cc2[nH]1. The van der Waals surface area contributed by atoms with Gasteiger partial charge in [0.05, 0.1) is 21.5 Å². The first-order chi connectivity index (χ1) is 17.3. The number of aromatic nitrogens is 3. The number of H-pyrrole nitrogens is 3. The van der Waals surface area contributed by atoms with Gasteiger partial charge in [0.15, 0.2) is 0 Å². The van der Waals surface area contributed by atoms with E-state index in [1.54, 1.807) is 18.2 Å². The van der Waals surface area contributed by atoms with Crippen LogP contribution in [-0.4, -0.2) is 23.4 Å².